The molecule has 0 aromatic rings. The van der Waals surface area contributed by atoms with Crippen LogP contribution >= 0.6 is 0 Å². The minimum absolute atomic E-state index is 1.03. The zero-order valence-electron chi connectivity index (χ0n) is 6.82. The minimum Gasteiger partial charge on any atom is -0.0701 e. The standard InChI is InChI=1S/C10H16/c1-2-3-8-6-7-10(8)9-4-5-9/h8H,2-7H2,1H3. The van der Waals surface area contributed by atoms with E-state index in [-0.39, 0.29) is 0 Å². The predicted molar refractivity (Wildman–Crippen MR) is 43.9 cm³/mol. The monoisotopic (exact) mass is 136 g/mol. The lowest BCUT2D eigenvalue weighted by atomic mass is 9.76. The van der Waals surface area contributed by atoms with E-state index in [2.05, 4.69) is 6.92 Å². The summed E-state index contributed by atoms with van der Waals surface area (Å²) < 4.78 is 0. The van der Waals surface area contributed by atoms with Gasteiger partial charge in [-0.25, -0.2) is 0 Å². The normalized spacial score (nSPS) is 30.3. The Kier molecular flexibility index (Phi) is 1.55. The van der Waals surface area contributed by atoms with Gasteiger partial charge in [0.2, 0.25) is 0 Å². The van der Waals surface area contributed by atoms with Crippen LogP contribution in [0.2, 0.25) is 0 Å². The molecule has 0 aliphatic heterocycles. The molecule has 56 valence electrons. The Morgan fingerprint density at radius 3 is 2.50 bits per heavy atom. The van der Waals surface area contributed by atoms with Crippen molar-refractivity contribution in [2.75, 3.05) is 0 Å². The van der Waals surface area contributed by atoms with Gasteiger partial charge in [-0.15, -0.1) is 0 Å². The fourth-order valence-electron chi connectivity index (χ4n) is 2.01. The molecule has 1 unspecified atom stereocenters. The van der Waals surface area contributed by atoms with E-state index in [4.69, 9.17) is 0 Å². The Balaban J connectivity index is 1.94. The summed E-state index contributed by atoms with van der Waals surface area (Å²) in [6, 6.07) is 0. The molecule has 0 nitrogen and oxygen atoms in total. The molecule has 0 bridgehead atoms. The van der Waals surface area contributed by atoms with Crippen molar-refractivity contribution in [3.05, 3.63) is 11.1 Å². The van der Waals surface area contributed by atoms with Gasteiger partial charge in [0, 0.05) is 0 Å². The molecule has 0 spiro atoms. The van der Waals surface area contributed by atoms with Gasteiger partial charge in [0.05, 0.1) is 0 Å². The Hall–Kier alpha value is -0.260. The number of hydrogen-bond donors (Lipinski definition) is 0. The molecular formula is C10H16. The van der Waals surface area contributed by atoms with Gasteiger partial charge < -0.3 is 0 Å². The second kappa shape index (κ2) is 2.41. The predicted octanol–water partition coefficient (Wildman–Crippen LogP) is 3.29. The Morgan fingerprint density at radius 1 is 1.30 bits per heavy atom. The molecule has 0 amide bonds. The number of hydrogen-bond acceptors (Lipinski definition) is 0. The van der Waals surface area contributed by atoms with Crippen molar-refractivity contribution >= 4 is 0 Å². The van der Waals surface area contributed by atoms with E-state index in [0.29, 0.717) is 0 Å². The smallest absolute Gasteiger partial charge is 0.0198 e. The van der Waals surface area contributed by atoms with Crippen molar-refractivity contribution in [1.29, 1.82) is 0 Å². The van der Waals surface area contributed by atoms with E-state index in [0.717, 1.165) is 5.92 Å². The summed E-state index contributed by atoms with van der Waals surface area (Å²) in [6.45, 7) is 2.30. The van der Waals surface area contributed by atoms with Crippen LogP contribution in [0.15, 0.2) is 11.1 Å². The molecule has 2 rings (SSSR count). The van der Waals surface area contributed by atoms with Crippen LogP contribution in [0.4, 0.5) is 0 Å². The first-order valence-electron chi connectivity index (χ1n) is 4.62. The lowest BCUT2D eigenvalue weighted by Crippen LogP contribution is -2.15. The zero-order chi connectivity index (χ0) is 6.97. The second-order valence-corrected chi connectivity index (χ2v) is 3.65. The average molecular weight is 136 g/mol. The quantitative estimate of drug-likeness (QED) is 0.511. The van der Waals surface area contributed by atoms with Crippen LogP contribution in [0.5, 0.6) is 0 Å². The summed E-state index contributed by atoms with van der Waals surface area (Å²) in [5.41, 5.74) is 3.69. The van der Waals surface area contributed by atoms with E-state index < -0.39 is 0 Å². The molecule has 2 saturated carbocycles. The number of rotatable bonds is 2. The summed E-state index contributed by atoms with van der Waals surface area (Å²) in [4.78, 5) is 0. The van der Waals surface area contributed by atoms with Crippen molar-refractivity contribution in [2.24, 2.45) is 5.92 Å². The number of allylic oxidation sites excluding steroid dienone is 2. The fourth-order valence-corrected chi connectivity index (χ4v) is 2.01. The Bertz CT molecular complexity index is 159. The maximum absolute atomic E-state index is 2.30. The summed E-state index contributed by atoms with van der Waals surface area (Å²) in [6.07, 6.45) is 8.65. The van der Waals surface area contributed by atoms with E-state index in [1.807, 2.05) is 11.1 Å². The summed E-state index contributed by atoms with van der Waals surface area (Å²) in [5, 5.41) is 0. The van der Waals surface area contributed by atoms with Gasteiger partial charge in [-0.05, 0) is 38.0 Å². The van der Waals surface area contributed by atoms with E-state index in [1.165, 1.54) is 38.5 Å². The molecule has 0 aromatic heterocycles. The van der Waals surface area contributed by atoms with Crippen molar-refractivity contribution in [3.63, 3.8) is 0 Å². The van der Waals surface area contributed by atoms with E-state index >= 15 is 0 Å². The molecule has 0 aromatic carbocycles. The second-order valence-electron chi connectivity index (χ2n) is 3.65. The molecule has 0 radical (unpaired) electrons. The van der Waals surface area contributed by atoms with Crippen LogP contribution in [-0.4, -0.2) is 0 Å². The molecular weight excluding hydrogens is 120 g/mol. The zero-order valence-corrected chi connectivity index (χ0v) is 6.82. The lowest BCUT2D eigenvalue weighted by molar-refractivity contribution is 0.408. The highest BCUT2D eigenvalue weighted by Crippen LogP contribution is 2.46. The van der Waals surface area contributed by atoms with Crippen LogP contribution in [0, 0.1) is 5.92 Å². The molecule has 0 heterocycles. The van der Waals surface area contributed by atoms with E-state index in [9.17, 15) is 0 Å². The SMILES string of the molecule is CCCC1CCC1=C1CC1. The van der Waals surface area contributed by atoms with Gasteiger partial charge in [-0.2, -0.15) is 0 Å². The topological polar surface area (TPSA) is 0 Å². The fraction of sp³-hybridized carbons (Fsp3) is 0.800. The van der Waals surface area contributed by atoms with Crippen molar-refractivity contribution in [1.82, 2.24) is 0 Å². The van der Waals surface area contributed by atoms with Crippen LogP contribution < -0.4 is 0 Å². The molecule has 1 atom stereocenters. The molecule has 0 heteroatoms. The molecule has 0 N–H and O–H groups in total. The van der Waals surface area contributed by atoms with E-state index in [1.54, 1.807) is 0 Å². The first-order chi connectivity index (χ1) is 4.92. The Morgan fingerprint density at radius 2 is 2.10 bits per heavy atom. The maximum Gasteiger partial charge on any atom is -0.0198 e. The highest BCUT2D eigenvalue weighted by Gasteiger charge is 2.29. The molecule has 10 heavy (non-hydrogen) atoms. The van der Waals surface area contributed by atoms with Crippen LogP contribution in [0.25, 0.3) is 0 Å². The summed E-state index contributed by atoms with van der Waals surface area (Å²) >= 11 is 0. The molecule has 2 aliphatic rings. The van der Waals surface area contributed by atoms with Crippen molar-refractivity contribution in [3.8, 4) is 0 Å². The molecule has 2 fully saturated rings. The third-order valence-electron chi connectivity index (χ3n) is 2.85. The van der Waals surface area contributed by atoms with Crippen LogP contribution in [-0.2, 0) is 0 Å². The highest BCUT2D eigenvalue weighted by atomic mass is 14.3. The lowest BCUT2D eigenvalue weighted by Gasteiger charge is -2.29. The van der Waals surface area contributed by atoms with Crippen LogP contribution in [0.1, 0.15) is 45.4 Å². The Labute approximate surface area is 63.3 Å². The van der Waals surface area contributed by atoms with Gasteiger partial charge in [-0.1, -0.05) is 24.5 Å². The minimum atomic E-state index is 1.03. The first kappa shape index (κ1) is 6.45. The van der Waals surface area contributed by atoms with Crippen molar-refractivity contribution < 1.29 is 0 Å². The molecule has 0 saturated heterocycles. The summed E-state index contributed by atoms with van der Waals surface area (Å²) in [5.74, 6) is 1.03. The third kappa shape index (κ3) is 1.00. The van der Waals surface area contributed by atoms with Crippen molar-refractivity contribution in [2.45, 2.75) is 45.4 Å². The van der Waals surface area contributed by atoms with Gasteiger partial charge >= 0.3 is 0 Å². The van der Waals surface area contributed by atoms with Gasteiger partial charge in [0.15, 0.2) is 0 Å². The van der Waals surface area contributed by atoms with Gasteiger partial charge in [-0.3, -0.25) is 0 Å². The third-order valence-corrected chi connectivity index (χ3v) is 2.85. The highest BCUT2D eigenvalue weighted by molar-refractivity contribution is 5.31. The summed E-state index contributed by atoms with van der Waals surface area (Å²) in [7, 11) is 0. The maximum atomic E-state index is 2.30. The average Bonchev–Trinajstić information content (AvgIpc) is 2.64. The van der Waals surface area contributed by atoms with Crippen LogP contribution in [0.3, 0.4) is 0 Å². The molecule has 2 aliphatic carbocycles. The first-order valence-corrected chi connectivity index (χ1v) is 4.62. The van der Waals surface area contributed by atoms with Gasteiger partial charge in [0.25, 0.3) is 0 Å². The largest absolute Gasteiger partial charge is 0.0701 e. The van der Waals surface area contributed by atoms with Gasteiger partial charge in [0.1, 0.15) is 0 Å².